The molecule has 4 bridgehead atoms. The molecule has 0 spiro atoms. The van der Waals surface area contributed by atoms with Gasteiger partial charge in [0.2, 0.25) is 0 Å². The van der Waals surface area contributed by atoms with Gasteiger partial charge in [0.15, 0.2) is 11.5 Å². The summed E-state index contributed by atoms with van der Waals surface area (Å²) in [6.45, 7) is 5.72. The van der Waals surface area contributed by atoms with Crippen LogP contribution in [0.4, 0.5) is 0 Å². The van der Waals surface area contributed by atoms with E-state index in [9.17, 15) is 19.7 Å². The molecule has 0 aliphatic heterocycles. The normalized spacial score (nSPS) is 21.0. The number of aryl methyl sites for hydroxylation is 2. The summed E-state index contributed by atoms with van der Waals surface area (Å²) in [5.74, 6) is 3.03. The van der Waals surface area contributed by atoms with Crippen LogP contribution in [0.2, 0.25) is 0 Å². The average Bonchev–Trinajstić information content (AvgIpc) is 3.68. The van der Waals surface area contributed by atoms with Crippen molar-refractivity contribution in [2.45, 2.75) is 103 Å². The Balaban J connectivity index is 0.000000170. The van der Waals surface area contributed by atoms with Crippen molar-refractivity contribution in [1.82, 2.24) is 19.7 Å². The molecule has 1 N–H and O–H groups in total. The highest BCUT2D eigenvalue weighted by atomic mass is 16.9. The van der Waals surface area contributed by atoms with Crippen molar-refractivity contribution < 1.29 is 24.3 Å². The number of aromatic nitrogens is 3. The van der Waals surface area contributed by atoms with E-state index in [0.717, 1.165) is 88.8 Å². The van der Waals surface area contributed by atoms with Crippen molar-refractivity contribution >= 4 is 33.5 Å². The van der Waals surface area contributed by atoms with Crippen LogP contribution in [-0.2, 0) is 17.9 Å². The summed E-state index contributed by atoms with van der Waals surface area (Å²) in [5.41, 5.74) is 4.98. The first-order valence-corrected chi connectivity index (χ1v) is 20.0. The Morgan fingerprint density at radius 1 is 0.855 bits per heavy atom. The maximum Gasteiger partial charge on any atom is 0.294 e. The Morgan fingerprint density at radius 3 is 2.13 bits per heavy atom. The fraction of sp³-hybridized carbons (Fsp3) is 0.477. The Kier molecular flexibility index (Phi) is 11.5. The molecule has 0 radical (unpaired) electrons. The van der Waals surface area contributed by atoms with E-state index in [1.54, 1.807) is 11.8 Å². The predicted octanol–water partition coefficient (Wildman–Crippen LogP) is 9.10. The van der Waals surface area contributed by atoms with E-state index in [-0.39, 0.29) is 23.8 Å². The van der Waals surface area contributed by atoms with Crippen LogP contribution in [0.3, 0.4) is 0 Å². The Hall–Kier alpha value is -5.19. The lowest BCUT2D eigenvalue weighted by atomic mass is 9.53. The van der Waals surface area contributed by atoms with Gasteiger partial charge in [-0.25, -0.2) is 0 Å². The van der Waals surface area contributed by atoms with Crippen molar-refractivity contribution in [3.8, 4) is 5.75 Å². The number of nitrogens with zero attached hydrogens (tertiary/aromatic N) is 4. The molecule has 9 rings (SSSR count). The minimum atomic E-state index is -0.786. The monoisotopic (exact) mass is 747 g/mol. The molecule has 4 fully saturated rings. The minimum Gasteiger partial charge on any atom is -0.497 e. The van der Waals surface area contributed by atoms with Gasteiger partial charge in [-0.3, -0.25) is 14.3 Å². The van der Waals surface area contributed by atoms with Crippen molar-refractivity contribution in [3.63, 3.8) is 0 Å². The number of carbonyl (C=O) groups is 2. The number of methoxy groups -OCH3 is 1. The third kappa shape index (κ3) is 8.26. The number of amides is 1. The Morgan fingerprint density at radius 2 is 1.49 bits per heavy atom. The average molecular weight is 748 g/mol. The lowest BCUT2D eigenvalue weighted by Gasteiger charge is -2.56. The summed E-state index contributed by atoms with van der Waals surface area (Å²) in [7, 11) is 1.63. The first kappa shape index (κ1) is 38.1. The third-order valence-corrected chi connectivity index (χ3v) is 12.0. The summed E-state index contributed by atoms with van der Waals surface area (Å²) in [6, 6.07) is 23.3. The molecule has 3 aromatic carbocycles. The third-order valence-electron chi connectivity index (χ3n) is 12.0. The molecule has 1 amide bonds. The zero-order valence-electron chi connectivity index (χ0n) is 32.3. The lowest BCUT2D eigenvalue weighted by Crippen LogP contribution is -2.59. The number of para-hydroxylation sites is 2. The van der Waals surface area contributed by atoms with Gasteiger partial charge in [-0.15, -0.1) is 10.1 Å². The van der Waals surface area contributed by atoms with Crippen molar-refractivity contribution in [1.29, 1.82) is 0 Å². The van der Waals surface area contributed by atoms with Crippen molar-refractivity contribution in [2.75, 3.05) is 13.7 Å². The number of carbonyl (C=O) groups excluding carboxylic acids is 2. The number of rotatable bonds is 15. The largest absolute Gasteiger partial charge is 0.497 e. The topological polar surface area (TPSA) is 131 Å². The molecule has 290 valence electrons. The second-order valence-electron chi connectivity index (χ2n) is 15.9. The van der Waals surface area contributed by atoms with Gasteiger partial charge in [0, 0.05) is 46.2 Å². The van der Waals surface area contributed by atoms with E-state index in [1.807, 2.05) is 60.7 Å². The smallest absolute Gasteiger partial charge is 0.294 e. The molecule has 5 aromatic rings. The fourth-order valence-electron chi connectivity index (χ4n) is 9.97. The fourth-order valence-corrected chi connectivity index (χ4v) is 9.97. The maximum absolute atomic E-state index is 13.3. The molecule has 4 aliphatic carbocycles. The van der Waals surface area contributed by atoms with Crippen LogP contribution >= 0.6 is 0 Å². The molecule has 11 nitrogen and oxygen atoms in total. The van der Waals surface area contributed by atoms with Gasteiger partial charge in [-0.05, 0) is 112 Å². The molecule has 4 saturated carbocycles. The van der Waals surface area contributed by atoms with Crippen LogP contribution in [0.5, 0.6) is 5.75 Å². The van der Waals surface area contributed by atoms with Gasteiger partial charge in [0.1, 0.15) is 5.75 Å². The van der Waals surface area contributed by atoms with Gasteiger partial charge in [-0.2, -0.15) is 5.10 Å². The van der Waals surface area contributed by atoms with Crippen LogP contribution in [-0.4, -0.2) is 50.4 Å². The lowest BCUT2D eigenvalue weighted by molar-refractivity contribution is -0.757. The highest BCUT2D eigenvalue weighted by Crippen LogP contribution is 2.55. The van der Waals surface area contributed by atoms with Crippen molar-refractivity contribution in [3.05, 3.63) is 105 Å². The van der Waals surface area contributed by atoms with E-state index in [0.29, 0.717) is 24.2 Å². The number of fused-ring (bicyclic) bond motifs is 2. The zero-order valence-corrected chi connectivity index (χ0v) is 32.3. The minimum absolute atomic E-state index is 0.00991. The number of benzene rings is 3. The van der Waals surface area contributed by atoms with Crippen molar-refractivity contribution in [2.24, 2.45) is 17.8 Å². The number of hydrogen-bond acceptors (Lipinski definition) is 7. The summed E-state index contributed by atoms with van der Waals surface area (Å²) in [4.78, 5) is 41.2. The van der Waals surface area contributed by atoms with E-state index in [1.165, 1.54) is 38.5 Å². The molecule has 0 saturated heterocycles. The second kappa shape index (κ2) is 16.7. The highest BCUT2D eigenvalue weighted by molar-refractivity contribution is 6.17. The Labute approximate surface area is 322 Å². The van der Waals surface area contributed by atoms with E-state index in [2.05, 4.69) is 45.8 Å². The molecular formula is C44H53N5O6. The predicted molar refractivity (Wildman–Crippen MR) is 213 cm³/mol. The van der Waals surface area contributed by atoms with Gasteiger partial charge >= 0.3 is 0 Å². The second-order valence-corrected chi connectivity index (χ2v) is 15.9. The van der Waals surface area contributed by atoms with E-state index in [4.69, 9.17) is 4.74 Å². The van der Waals surface area contributed by atoms with Crippen LogP contribution in [0.15, 0.2) is 72.8 Å². The standard InChI is InChI=1S/C23H27NO2.C21H26N4O4/c1-4-5-6-9-16-24-17(2)22(20-10-7-8-11-21(20)24)23(25)18-12-14-19(26-3)15-13-18;26-20(22-21-11-14-8-15(12-21)10-16(9-14)13-21)19-17-4-1-2-5-18(17)24(23-19)6-3-7-29-25(27)28/h7-8,10-15H,4-6,9,16H2,1-3H3;1-2,4-5,14-16H,3,6-13H2,(H,22,26). The molecule has 2 heterocycles. The summed E-state index contributed by atoms with van der Waals surface area (Å²) >= 11 is 0. The zero-order chi connectivity index (χ0) is 38.5. The van der Waals surface area contributed by atoms with Crippen LogP contribution in [0, 0.1) is 34.8 Å². The number of ether oxygens (including phenoxy) is 1. The van der Waals surface area contributed by atoms with Crippen LogP contribution < -0.4 is 10.1 Å². The molecular weight excluding hydrogens is 695 g/mol. The molecule has 0 atom stereocenters. The van der Waals surface area contributed by atoms with Crippen LogP contribution in [0.1, 0.15) is 110 Å². The first-order valence-electron chi connectivity index (χ1n) is 20.0. The van der Waals surface area contributed by atoms with E-state index < -0.39 is 5.09 Å². The highest BCUT2D eigenvalue weighted by Gasteiger charge is 2.51. The quantitative estimate of drug-likeness (QED) is 0.0489. The number of unbranched alkanes of at least 4 members (excludes halogenated alkanes) is 3. The number of nitrogens with one attached hydrogen (secondary N) is 1. The summed E-state index contributed by atoms with van der Waals surface area (Å²) < 4.78 is 9.27. The SMILES string of the molecule is CCCCCCn1c(C)c(C(=O)c2ccc(OC)cc2)c2ccccc21.O=C(NC12CC3CC(CC(C3)C1)C2)c1nn(CCCO[N+](=O)[O-])c2ccccc12. The molecule has 2 aromatic heterocycles. The van der Waals surface area contributed by atoms with Crippen LogP contribution in [0.25, 0.3) is 21.8 Å². The van der Waals surface area contributed by atoms with Gasteiger partial charge in [-0.1, -0.05) is 62.6 Å². The molecule has 11 heteroatoms. The van der Waals surface area contributed by atoms with Gasteiger partial charge < -0.3 is 19.5 Å². The number of hydrogen-bond donors (Lipinski definition) is 1. The van der Waals surface area contributed by atoms with E-state index >= 15 is 0 Å². The summed E-state index contributed by atoms with van der Waals surface area (Å²) in [6.07, 6.45) is 12.6. The first-order chi connectivity index (χ1) is 26.7. The molecule has 4 aliphatic rings. The summed E-state index contributed by atoms with van der Waals surface area (Å²) in [5, 5.41) is 19.4. The number of ketones is 1. The maximum atomic E-state index is 13.3. The van der Waals surface area contributed by atoms with Gasteiger partial charge in [0.25, 0.3) is 11.0 Å². The Bertz CT molecular complexity index is 2120. The van der Waals surface area contributed by atoms with Gasteiger partial charge in [0.05, 0.1) is 24.8 Å². The molecule has 0 unspecified atom stereocenters. The molecule has 55 heavy (non-hydrogen) atoms.